The molecule has 4 heteroatoms. The average molecular weight is 424 g/mol. The molecular weight excluding hydrogens is 424 g/mol. The molecule has 0 rings (SSSR count). The smallest absolute Gasteiger partial charge is 0 e. The number of rotatable bonds is 0. The summed E-state index contributed by atoms with van der Waals surface area (Å²) in [4.78, 5) is 0. The van der Waals surface area contributed by atoms with E-state index in [2.05, 4.69) is 13.1 Å². The molecule has 0 aromatic heterocycles. The molecule has 0 saturated heterocycles. The van der Waals surface area contributed by atoms with Crippen LogP contribution in [0.3, 0.4) is 0 Å². The Balaban J connectivity index is -0.00000000500. The Morgan fingerprint density at radius 1 is 1.25 bits per heavy atom. The summed E-state index contributed by atoms with van der Waals surface area (Å²) in [7, 11) is 0. The molecule has 0 radical (unpaired) electrons. The van der Waals surface area contributed by atoms with Crippen molar-refractivity contribution >= 4 is 0 Å². The summed E-state index contributed by atoms with van der Waals surface area (Å²) < 4.78 is 0. The van der Waals surface area contributed by atoms with E-state index in [0.717, 1.165) is 0 Å². The van der Waals surface area contributed by atoms with Gasteiger partial charge in [-0.15, -0.1) is 0 Å². The number of hydrogen-bond donors (Lipinski definition) is 0. The van der Waals surface area contributed by atoms with Gasteiger partial charge in [0.2, 0.25) is 0 Å². The van der Waals surface area contributed by atoms with E-state index in [1.54, 1.807) is 0 Å². The van der Waals surface area contributed by atoms with Crippen LogP contribution in [0.1, 0.15) is 0 Å². The van der Waals surface area contributed by atoms with Crippen LogP contribution < -0.4 is 0 Å². The van der Waals surface area contributed by atoms with E-state index in [-0.39, 0.29) is 43.8 Å². The Bertz CT molecular complexity index is 8.00. The Morgan fingerprint density at radius 3 is 1.25 bits per heavy atom. The van der Waals surface area contributed by atoms with Crippen molar-refractivity contribution < 1.29 is 75.8 Å². The molecule has 0 aliphatic carbocycles. The van der Waals surface area contributed by atoms with E-state index < -0.39 is 0 Å². The summed E-state index contributed by atoms with van der Waals surface area (Å²) in [6.45, 7) is 0. The summed E-state index contributed by atoms with van der Waals surface area (Å²) in [6.07, 6.45) is 0. The van der Waals surface area contributed by atoms with Gasteiger partial charge in [-0.3, -0.25) is 0 Å². The first-order chi connectivity index (χ1) is 1.00. The molecule has 0 atom stereocenters. The Kier molecular flexibility index (Phi) is 69.0. The molecule has 0 unspecified atom stereocenters. The average Bonchev–Trinajstić information content (AvgIpc) is 1.00. The first-order valence-corrected chi connectivity index (χ1v) is 3.60. The van der Waals surface area contributed by atoms with Crippen LogP contribution in [-0.4, -0.2) is 0 Å². The third-order valence-electron chi connectivity index (χ3n) is 0. The van der Waals surface area contributed by atoms with Crippen LogP contribution in [0.15, 0.2) is 0 Å². The van der Waals surface area contributed by atoms with Gasteiger partial charge in [0.1, 0.15) is 0 Å². The molecule has 0 aliphatic rings. The van der Waals surface area contributed by atoms with E-state index in [9.17, 15) is 0 Å². The van der Waals surface area contributed by atoms with Gasteiger partial charge >= 0.3 is 32.0 Å². The molecule has 0 amide bonds. The molecule has 4 heavy (non-hydrogen) atoms. The van der Waals surface area contributed by atoms with E-state index >= 15 is 0 Å². The minimum atomic E-state index is 0. The third-order valence-corrected chi connectivity index (χ3v) is 0. The summed E-state index contributed by atoms with van der Waals surface area (Å²) in [5.41, 5.74) is 0. The minimum Gasteiger partial charge on any atom is 0 e. The zero-order valence-electron chi connectivity index (χ0n) is 1.68. The second-order valence-electron chi connectivity index (χ2n) is 0. The zero-order valence-corrected chi connectivity index (χ0v) is 9.97. The van der Waals surface area contributed by atoms with Crippen molar-refractivity contribution in [2.75, 3.05) is 0 Å². The van der Waals surface area contributed by atoms with Crippen molar-refractivity contribution in [3.05, 3.63) is 0 Å². The molecule has 0 aromatic rings. The summed E-state index contributed by atoms with van der Waals surface area (Å²) in [5, 5.41) is 0. The standard InChI is InChI=1S/Au.Cd.Fe.Ni. The fourth-order valence-corrected chi connectivity index (χ4v) is 0. The van der Waals surface area contributed by atoms with Crippen molar-refractivity contribution in [1.82, 2.24) is 0 Å². The van der Waals surface area contributed by atoms with Crippen LogP contribution in [0.25, 0.3) is 0 Å². The SMILES string of the molecule is [Cd].[Fe][Au].[Ni]. The maximum absolute atomic E-state index is 3.19. The van der Waals surface area contributed by atoms with Gasteiger partial charge in [-0.25, -0.2) is 0 Å². The normalized spacial score (nSPS) is 1.75. The second kappa shape index (κ2) is 17.3. The van der Waals surface area contributed by atoms with E-state index in [0.29, 0.717) is 0 Å². The van der Waals surface area contributed by atoms with Gasteiger partial charge in [0.15, 0.2) is 0 Å². The van der Waals surface area contributed by atoms with Crippen molar-refractivity contribution in [3.8, 4) is 0 Å². The van der Waals surface area contributed by atoms with Crippen molar-refractivity contribution in [2.45, 2.75) is 0 Å². The van der Waals surface area contributed by atoms with Crippen molar-refractivity contribution in [2.24, 2.45) is 0 Å². The van der Waals surface area contributed by atoms with Gasteiger partial charge in [0.25, 0.3) is 0 Å². The second-order valence-corrected chi connectivity index (χ2v) is 0. The summed E-state index contributed by atoms with van der Waals surface area (Å²) >= 11 is 5.22. The van der Waals surface area contributed by atoms with Crippen LogP contribution in [0.4, 0.5) is 0 Å². The first kappa shape index (κ1) is 15.9. The van der Waals surface area contributed by atoms with E-state index in [1.165, 1.54) is 0 Å². The molecule has 0 fully saturated rings. The van der Waals surface area contributed by atoms with Crippen molar-refractivity contribution in [1.29, 1.82) is 0 Å². The predicted octanol–water partition coefficient (Wildman–Crippen LogP) is -0.0100. The van der Waals surface area contributed by atoms with Crippen molar-refractivity contribution in [3.63, 3.8) is 0 Å². The van der Waals surface area contributed by atoms with Gasteiger partial charge < -0.3 is 0 Å². The largest absolute Gasteiger partial charge is 0 e. The molecule has 0 heterocycles. The molecule has 0 aliphatic heterocycles. The molecule has 0 aromatic carbocycles. The molecule has 0 bridgehead atoms. The predicted molar refractivity (Wildman–Crippen MR) is 0 cm³/mol. The van der Waals surface area contributed by atoms with Crippen LogP contribution in [0, 0.1) is 0 Å². The third kappa shape index (κ3) is 8.82. The minimum absolute atomic E-state index is 0. The summed E-state index contributed by atoms with van der Waals surface area (Å²) in [6, 6.07) is 0. The van der Waals surface area contributed by atoms with Gasteiger partial charge in [-0.2, -0.15) is 0 Å². The maximum Gasteiger partial charge on any atom is 0 e. The topological polar surface area (TPSA) is 0 Å². The van der Waals surface area contributed by atoms with Crippen LogP contribution in [0.5, 0.6) is 0 Å². The van der Waals surface area contributed by atoms with E-state index in [4.69, 9.17) is 0 Å². The molecule has 0 N–H and O–H groups in total. The molecule has 0 spiro atoms. The monoisotopic (exact) mass is 425 g/mol. The zero-order chi connectivity index (χ0) is 2.00. The molecule has 31 valence electrons. The van der Waals surface area contributed by atoms with Crippen LogP contribution in [0.2, 0.25) is 0 Å². The van der Waals surface area contributed by atoms with Crippen LogP contribution in [-0.2, 0) is 75.8 Å². The van der Waals surface area contributed by atoms with Crippen LogP contribution >= 0.6 is 0 Å². The first-order valence-electron chi connectivity index (χ1n) is 0.107. The Hall–Kier alpha value is 2.68. The number of hydrogen-bond acceptors (Lipinski definition) is 0. The van der Waals surface area contributed by atoms with Gasteiger partial charge in [0, 0.05) is 43.8 Å². The van der Waals surface area contributed by atoms with Gasteiger partial charge in [0.05, 0.1) is 0 Å². The maximum atomic E-state index is 3.19. The van der Waals surface area contributed by atoms with E-state index in [1.807, 2.05) is 18.9 Å². The Morgan fingerprint density at radius 2 is 1.25 bits per heavy atom. The quantitative estimate of drug-likeness (QED) is 0.481. The molecule has 0 nitrogen and oxygen atoms in total. The van der Waals surface area contributed by atoms with Gasteiger partial charge in [-0.1, -0.05) is 0 Å². The fourth-order valence-electron chi connectivity index (χ4n) is 0. The Labute approximate surface area is 74.5 Å². The molecule has 0 saturated carbocycles. The summed E-state index contributed by atoms with van der Waals surface area (Å²) in [5.74, 6) is 0. The van der Waals surface area contributed by atoms with Gasteiger partial charge in [-0.05, 0) is 0 Å². The fraction of sp³-hybridized carbons (Fsp3) is 0. The molecular formula is AuCdFeNi.